The summed E-state index contributed by atoms with van der Waals surface area (Å²) in [7, 11) is 0. The lowest BCUT2D eigenvalue weighted by atomic mass is 10.1. The Bertz CT molecular complexity index is 160. The van der Waals surface area contributed by atoms with Crippen LogP contribution in [0.15, 0.2) is 0 Å². The van der Waals surface area contributed by atoms with Crippen molar-refractivity contribution in [2.45, 2.75) is 71.4 Å². The zero-order valence-corrected chi connectivity index (χ0v) is 10.1. The third-order valence-electron chi connectivity index (χ3n) is 2.40. The first kappa shape index (κ1) is 14.4. The minimum atomic E-state index is -0.898. The van der Waals surface area contributed by atoms with Crippen LogP contribution in [0.5, 0.6) is 0 Å². The van der Waals surface area contributed by atoms with Crippen LogP contribution in [-0.4, -0.2) is 12.1 Å². The molecular weight excluding hydrogens is 190 g/mol. The summed E-state index contributed by atoms with van der Waals surface area (Å²) in [5.41, 5.74) is 0. The van der Waals surface area contributed by atoms with Crippen LogP contribution in [0.4, 0.5) is 0 Å². The molecule has 1 unspecified atom stereocenters. The molecule has 0 fully saturated rings. The number of amides is 1. The van der Waals surface area contributed by atoms with Gasteiger partial charge in [0.2, 0.25) is 5.91 Å². The van der Waals surface area contributed by atoms with Crippen LogP contribution in [0, 0.1) is 0 Å². The van der Waals surface area contributed by atoms with Gasteiger partial charge in [0.25, 0.3) is 0 Å². The van der Waals surface area contributed by atoms with Crippen molar-refractivity contribution in [1.29, 1.82) is 0 Å². The molecule has 0 aliphatic heterocycles. The van der Waals surface area contributed by atoms with Gasteiger partial charge in [-0.3, -0.25) is 4.79 Å². The topological polar surface area (TPSA) is 49.0 Å². The molecule has 0 aromatic heterocycles. The number of hydrogen-bond acceptors (Lipinski definition) is 1. The maximum Gasteiger partial charge on any atom is 0.222 e. The summed E-state index contributed by atoms with van der Waals surface area (Å²) in [6, 6.07) is 0. The second-order valence-electron chi connectivity index (χ2n) is 4.01. The van der Waals surface area contributed by atoms with Gasteiger partial charge in [-0.25, -0.2) is 5.11 Å². The molecule has 0 aromatic carbocycles. The van der Waals surface area contributed by atoms with Gasteiger partial charge in [-0.15, -0.1) is 0 Å². The highest BCUT2D eigenvalue weighted by atomic mass is 16.3. The lowest BCUT2D eigenvalue weighted by Gasteiger charge is -2.10. The molecule has 0 bridgehead atoms. The van der Waals surface area contributed by atoms with E-state index in [1.54, 1.807) is 0 Å². The number of rotatable bonds is 9. The van der Waals surface area contributed by atoms with E-state index in [9.17, 15) is 9.90 Å². The monoisotopic (exact) mass is 214 g/mol. The molecule has 0 aliphatic rings. The van der Waals surface area contributed by atoms with Crippen LogP contribution in [0.3, 0.4) is 0 Å². The van der Waals surface area contributed by atoms with Gasteiger partial charge in [0.15, 0.2) is 6.23 Å². The van der Waals surface area contributed by atoms with Crippen LogP contribution in [-0.2, 0) is 9.90 Å². The summed E-state index contributed by atoms with van der Waals surface area (Å²) in [4.78, 5) is 11.2. The quantitative estimate of drug-likeness (QED) is 0.465. The molecule has 0 spiro atoms. The fourth-order valence-electron chi connectivity index (χ4n) is 1.44. The largest absolute Gasteiger partial charge is 0.328 e. The van der Waals surface area contributed by atoms with Crippen LogP contribution in [0.1, 0.15) is 65.2 Å². The molecule has 0 heterocycles. The summed E-state index contributed by atoms with van der Waals surface area (Å²) >= 11 is 0. The molecule has 1 radical (unpaired) electrons. The Labute approximate surface area is 93.3 Å². The number of carbonyl (C=O) groups is 1. The number of hydrogen-bond donors (Lipinski definition) is 1. The van der Waals surface area contributed by atoms with Gasteiger partial charge < -0.3 is 5.32 Å². The number of nitrogens with one attached hydrogen (secondary N) is 1. The molecule has 0 rings (SSSR count). The molecule has 0 saturated carbocycles. The summed E-state index contributed by atoms with van der Waals surface area (Å²) < 4.78 is 0. The van der Waals surface area contributed by atoms with Gasteiger partial charge in [0, 0.05) is 6.42 Å². The predicted octanol–water partition coefficient (Wildman–Crippen LogP) is 3.02. The standard InChI is InChI=1S/C12H24NO2/c1-3-5-7-9-11(14)13-12(15)10-8-6-4-2/h11H,3-10H2,1-2H3,(H,13,15). The molecule has 1 atom stereocenters. The van der Waals surface area contributed by atoms with E-state index in [0.29, 0.717) is 12.8 Å². The molecule has 0 aromatic rings. The Morgan fingerprint density at radius 3 is 2.27 bits per heavy atom. The average Bonchev–Trinajstić information content (AvgIpc) is 2.18. The lowest BCUT2D eigenvalue weighted by Crippen LogP contribution is -2.33. The lowest BCUT2D eigenvalue weighted by molar-refractivity contribution is -0.125. The Morgan fingerprint density at radius 1 is 1.07 bits per heavy atom. The molecule has 89 valence electrons. The molecule has 3 heteroatoms. The molecule has 1 amide bonds. The fourth-order valence-corrected chi connectivity index (χ4v) is 1.44. The van der Waals surface area contributed by atoms with E-state index < -0.39 is 6.23 Å². The molecule has 3 nitrogen and oxygen atoms in total. The maximum atomic E-state index is 11.3. The fraction of sp³-hybridized carbons (Fsp3) is 0.917. The molecule has 0 aliphatic carbocycles. The van der Waals surface area contributed by atoms with Crippen LogP contribution in [0.25, 0.3) is 0 Å². The van der Waals surface area contributed by atoms with Gasteiger partial charge in [-0.2, -0.15) is 0 Å². The van der Waals surface area contributed by atoms with E-state index in [-0.39, 0.29) is 5.91 Å². The van der Waals surface area contributed by atoms with Crippen LogP contribution >= 0.6 is 0 Å². The Kier molecular flexibility index (Phi) is 9.59. The van der Waals surface area contributed by atoms with E-state index in [0.717, 1.165) is 38.5 Å². The van der Waals surface area contributed by atoms with Crippen molar-refractivity contribution in [3.63, 3.8) is 0 Å². The van der Waals surface area contributed by atoms with Crippen molar-refractivity contribution in [1.82, 2.24) is 5.32 Å². The van der Waals surface area contributed by atoms with Gasteiger partial charge >= 0.3 is 0 Å². The van der Waals surface area contributed by atoms with E-state index in [4.69, 9.17) is 0 Å². The zero-order valence-electron chi connectivity index (χ0n) is 10.1. The third-order valence-corrected chi connectivity index (χ3v) is 2.40. The first-order valence-electron chi connectivity index (χ1n) is 6.15. The van der Waals surface area contributed by atoms with Crippen molar-refractivity contribution in [2.75, 3.05) is 0 Å². The highest BCUT2D eigenvalue weighted by Gasteiger charge is 2.09. The van der Waals surface area contributed by atoms with Crippen molar-refractivity contribution in [3.05, 3.63) is 0 Å². The first-order valence-corrected chi connectivity index (χ1v) is 6.15. The summed E-state index contributed by atoms with van der Waals surface area (Å²) in [6.45, 7) is 4.20. The van der Waals surface area contributed by atoms with E-state index >= 15 is 0 Å². The van der Waals surface area contributed by atoms with Crippen LogP contribution in [0.2, 0.25) is 0 Å². The molecular formula is C12H24NO2. The Hall–Kier alpha value is -0.570. The minimum absolute atomic E-state index is 0.0834. The Morgan fingerprint density at radius 2 is 1.67 bits per heavy atom. The second kappa shape index (κ2) is 9.97. The number of unbranched alkanes of at least 4 members (excludes halogenated alkanes) is 4. The summed E-state index contributed by atoms with van der Waals surface area (Å²) in [5.74, 6) is -0.0834. The summed E-state index contributed by atoms with van der Waals surface area (Å²) in [5, 5.41) is 13.8. The first-order chi connectivity index (χ1) is 7.20. The SMILES string of the molecule is CCCCCC(=O)NC([O])CCCCC. The maximum absolute atomic E-state index is 11.3. The van der Waals surface area contributed by atoms with Gasteiger partial charge in [0.1, 0.15) is 0 Å². The van der Waals surface area contributed by atoms with Crippen molar-refractivity contribution < 1.29 is 9.90 Å². The highest BCUT2D eigenvalue weighted by molar-refractivity contribution is 5.75. The second-order valence-corrected chi connectivity index (χ2v) is 4.01. The van der Waals surface area contributed by atoms with E-state index in [2.05, 4.69) is 19.2 Å². The predicted molar refractivity (Wildman–Crippen MR) is 60.9 cm³/mol. The van der Waals surface area contributed by atoms with Crippen molar-refractivity contribution >= 4 is 5.91 Å². The van der Waals surface area contributed by atoms with Crippen molar-refractivity contribution in [2.24, 2.45) is 0 Å². The van der Waals surface area contributed by atoms with Gasteiger partial charge in [-0.05, 0) is 19.3 Å². The minimum Gasteiger partial charge on any atom is -0.328 e. The third kappa shape index (κ3) is 9.73. The molecule has 0 saturated heterocycles. The Balaban J connectivity index is 3.40. The molecule has 15 heavy (non-hydrogen) atoms. The summed E-state index contributed by atoms with van der Waals surface area (Å²) in [6.07, 6.45) is 6.32. The number of carbonyl (C=O) groups excluding carboxylic acids is 1. The smallest absolute Gasteiger partial charge is 0.222 e. The van der Waals surface area contributed by atoms with Crippen molar-refractivity contribution in [3.8, 4) is 0 Å². The highest BCUT2D eigenvalue weighted by Crippen LogP contribution is 2.03. The molecule has 1 N–H and O–H groups in total. The zero-order chi connectivity index (χ0) is 11.5. The normalized spacial score (nSPS) is 12.5. The van der Waals surface area contributed by atoms with Gasteiger partial charge in [0.05, 0.1) is 0 Å². The average molecular weight is 214 g/mol. The van der Waals surface area contributed by atoms with E-state index in [1.165, 1.54) is 0 Å². The van der Waals surface area contributed by atoms with Gasteiger partial charge in [-0.1, -0.05) is 39.5 Å². The van der Waals surface area contributed by atoms with E-state index in [1.807, 2.05) is 0 Å². The van der Waals surface area contributed by atoms with Crippen LogP contribution < -0.4 is 5.32 Å².